The molecule has 5 aromatic rings. The maximum absolute atomic E-state index is 12.8. The van der Waals surface area contributed by atoms with Gasteiger partial charge in [-0.3, -0.25) is 4.79 Å². The van der Waals surface area contributed by atoms with E-state index in [1.807, 2.05) is 69.5 Å². The fourth-order valence-corrected chi connectivity index (χ4v) is 4.52. The van der Waals surface area contributed by atoms with Crippen LogP contribution in [0.4, 0.5) is 5.13 Å². The number of fused-ring (bicyclic) bond motifs is 1. The van der Waals surface area contributed by atoms with Crippen LogP contribution in [0.1, 0.15) is 28.3 Å². The first-order valence-electron chi connectivity index (χ1n) is 10.5. The Balaban J connectivity index is 1.33. The predicted octanol–water partition coefficient (Wildman–Crippen LogP) is 4.95. The minimum atomic E-state index is -0.160. The summed E-state index contributed by atoms with van der Waals surface area (Å²) in [6.07, 6.45) is 0.183. The number of rotatable bonds is 5. The average molecular weight is 459 g/mol. The number of nitrogens with one attached hydrogen (secondary N) is 1. The van der Waals surface area contributed by atoms with Gasteiger partial charge in [0.15, 0.2) is 10.9 Å². The Morgan fingerprint density at radius 2 is 1.82 bits per heavy atom. The third kappa shape index (κ3) is 4.14. The third-order valence-electron chi connectivity index (χ3n) is 5.37. The van der Waals surface area contributed by atoms with E-state index in [-0.39, 0.29) is 12.3 Å². The second kappa shape index (κ2) is 8.25. The van der Waals surface area contributed by atoms with Crippen molar-refractivity contribution in [3.05, 3.63) is 70.1 Å². The second-order valence-electron chi connectivity index (χ2n) is 7.92. The normalized spacial score (nSPS) is 11.3. The molecule has 0 aliphatic carbocycles. The zero-order valence-corrected chi connectivity index (χ0v) is 19.5. The van der Waals surface area contributed by atoms with E-state index in [1.165, 1.54) is 11.3 Å². The number of benzene rings is 1. The molecule has 9 heteroatoms. The number of carbonyl (C=O) groups is 1. The molecule has 0 radical (unpaired) electrons. The Morgan fingerprint density at radius 3 is 2.58 bits per heavy atom. The van der Waals surface area contributed by atoms with Crippen LogP contribution in [0.3, 0.4) is 0 Å². The summed E-state index contributed by atoms with van der Waals surface area (Å²) < 4.78 is 7.57. The fraction of sp³-hybridized carbons (Fsp3) is 0.208. The molecule has 4 aromatic heterocycles. The number of aromatic nitrogens is 5. The van der Waals surface area contributed by atoms with Crippen LogP contribution in [0, 0.1) is 27.7 Å². The number of carbonyl (C=O) groups excluding carboxylic acids is 1. The highest BCUT2D eigenvalue weighted by Crippen LogP contribution is 2.30. The molecule has 0 unspecified atom stereocenters. The van der Waals surface area contributed by atoms with Gasteiger partial charge in [-0.25, -0.2) is 19.6 Å². The molecule has 1 N–H and O–H groups in total. The molecule has 0 saturated heterocycles. The first-order valence-corrected chi connectivity index (χ1v) is 11.4. The summed E-state index contributed by atoms with van der Waals surface area (Å²) in [5, 5.41) is 10.9. The van der Waals surface area contributed by atoms with E-state index in [1.54, 1.807) is 4.68 Å². The first kappa shape index (κ1) is 21.0. The Bertz CT molecular complexity index is 1440. The van der Waals surface area contributed by atoms with E-state index >= 15 is 0 Å². The molecule has 0 fully saturated rings. The summed E-state index contributed by atoms with van der Waals surface area (Å²) in [4.78, 5) is 26.3. The topological polar surface area (TPSA) is 98.7 Å². The minimum Gasteiger partial charge on any atom is -0.454 e. The number of hydrogen-bond donors (Lipinski definition) is 1. The molecular formula is C24H22N6O2S. The van der Waals surface area contributed by atoms with Crippen LogP contribution in [0.25, 0.3) is 28.4 Å². The van der Waals surface area contributed by atoms with Gasteiger partial charge in [0.1, 0.15) is 11.3 Å². The molecular weight excluding hydrogens is 436 g/mol. The molecule has 0 aliphatic heterocycles. The Hall–Kier alpha value is -3.85. The molecule has 4 heterocycles. The van der Waals surface area contributed by atoms with Gasteiger partial charge < -0.3 is 9.73 Å². The van der Waals surface area contributed by atoms with Gasteiger partial charge in [-0.2, -0.15) is 5.10 Å². The lowest BCUT2D eigenvalue weighted by Gasteiger charge is -2.06. The largest absolute Gasteiger partial charge is 0.454 e. The molecule has 33 heavy (non-hydrogen) atoms. The lowest BCUT2D eigenvalue weighted by atomic mass is 10.1. The van der Waals surface area contributed by atoms with E-state index in [4.69, 9.17) is 4.42 Å². The van der Waals surface area contributed by atoms with Crippen molar-refractivity contribution in [3.63, 3.8) is 0 Å². The monoisotopic (exact) mass is 458 g/mol. The van der Waals surface area contributed by atoms with Gasteiger partial charge in [-0.15, -0.1) is 11.3 Å². The van der Waals surface area contributed by atoms with E-state index < -0.39 is 0 Å². The summed E-state index contributed by atoms with van der Waals surface area (Å²) >= 11 is 1.36. The Labute approximate surface area is 194 Å². The number of nitrogens with zero attached hydrogens (tertiary/aromatic N) is 5. The number of amides is 1. The summed E-state index contributed by atoms with van der Waals surface area (Å²) in [5.41, 5.74) is 5.70. The number of anilines is 1. The molecule has 0 saturated carbocycles. The standard InChI is InChI=1S/C24H22N6O2S/c1-13-9-14(2)26-23(25-13)30-16(4)18(15(3)29-30)11-22(31)28-24-27-19(12-33-24)21-10-17-7-5-6-8-20(17)32-21/h5-10,12H,11H2,1-4H3,(H,27,28,31). The van der Waals surface area contributed by atoms with Crippen molar-refractivity contribution in [1.29, 1.82) is 0 Å². The molecule has 166 valence electrons. The molecule has 0 bridgehead atoms. The van der Waals surface area contributed by atoms with Gasteiger partial charge in [0.25, 0.3) is 5.95 Å². The Kier molecular flexibility index (Phi) is 5.26. The van der Waals surface area contributed by atoms with E-state index in [2.05, 4.69) is 25.4 Å². The highest BCUT2D eigenvalue weighted by molar-refractivity contribution is 7.14. The number of furan rings is 1. The van der Waals surface area contributed by atoms with E-state index in [9.17, 15) is 4.79 Å². The molecule has 0 aliphatic rings. The van der Waals surface area contributed by atoms with Crippen molar-refractivity contribution in [1.82, 2.24) is 24.7 Å². The quantitative estimate of drug-likeness (QED) is 0.400. The number of thiazole rings is 1. The zero-order chi connectivity index (χ0) is 23.1. The van der Waals surface area contributed by atoms with Gasteiger partial charge >= 0.3 is 0 Å². The van der Waals surface area contributed by atoms with Crippen LogP contribution in [0.5, 0.6) is 0 Å². The van der Waals surface area contributed by atoms with Crippen LogP contribution in [0.15, 0.2) is 46.2 Å². The Morgan fingerprint density at radius 1 is 1.06 bits per heavy atom. The summed E-state index contributed by atoms with van der Waals surface area (Å²) in [5.74, 6) is 1.03. The molecule has 1 amide bonds. The van der Waals surface area contributed by atoms with Crippen molar-refractivity contribution in [3.8, 4) is 17.4 Å². The average Bonchev–Trinajstić information content (AvgIpc) is 3.47. The zero-order valence-electron chi connectivity index (χ0n) is 18.7. The van der Waals surface area contributed by atoms with Crippen LogP contribution < -0.4 is 5.32 Å². The van der Waals surface area contributed by atoms with Crippen LogP contribution in [0.2, 0.25) is 0 Å². The van der Waals surface area contributed by atoms with Gasteiger partial charge in [-0.05, 0) is 45.9 Å². The van der Waals surface area contributed by atoms with Crippen LogP contribution >= 0.6 is 11.3 Å². The van der Waals surface area contributed by atoms with E-state index in [0.717, 1.165) is 39.3 Å². The second-order valence-corrected chi connectivity index (χ2v) is 8.78. The highest BCUT2D eigenvalue weighted by Gasteiger charge is 2.19. The van der Waals surface area contributed by atoms with Gasteiger partial charge in [0, 0.05) is 33.4 Å². The third-order valence-corrected chi connectivity index (χ3v) is 6.12. The minimum absolute atomic E-state index is 0.160. The lowest BCUT2D eigenvalue weighted by molar-refractivity contribution is -0.115. The molecule has 1 aromatic carbocycles. The van der Waals surface area contributed by atoms with Crippen molar-refractivity contribution < 1.29 is 9.21 Å². The summed E-state index contributed by atoms with van der Waals surface area (Å²) in [6, 6.07) is 11.7. The van der Waals surface area contributed by atoms with Crippen molar-refractivity contribution in [2.45, 2.75) is 34.1 Å². The van der Waals surface area contributed by atoms with Gasteiger partial charge in [0.2, 0.25) is 5.91 Å². The summed E-state index contributed by atoms with van der Waals surface area (Å²) in [7, 11) is 0. The first-order chi connectivity index (χ1) is 15.9. The van der Waals surface area contributed by atoms with Crippen molar-refractivity contribution >= 4 is 33.3 Å². The fourth-order valence-electron chi connectivity index (χ4n) is 3.80. The van der Waals surface area contributed by atoms with Crippen LogP contribution in [-0.4, -0.2) is 30.6 Å². The highest BCUT2D eigenvalue weighted by atomic mass is 32.1. The van der Waals surface area contributed by atoms with Gasteiger partial charge in [0.05, 0.1) is 12.1 Å². The van der Waals surface area contributed by atoms with E-state index in [0.29, 0.717) is 22.5 Å². The summed E-state index contributed by atoms with van der Waals surface area (Å²) in [6.45, 7) is 7.66. The van der Waals surface area contributed by atoms with Crippen LogP contribution in [-0.2, 0) is 11.2 Å². The van der Waals surface area contributed by atoms with Crippen molar-refractivity contribution in [2.24, 2.45) is 0 Å². The maximum atomic E-state index is 12.8. The number of para-hydroxylation sites is 1. The maximum Gasteiger partial charge on any atom is 0.251 e. The molecule has 8 nitrogen and oxygen atoms in total. The lowest BCUT2D eigenvalue weighted by Crippen LogP contribution is -2.15. The smallest absolute Gasteiger partial charge is 0.251 e. The molecule has 0 spiro atoms. The van der Waals surface area contributed by atoms with Crippen molar-refractivity contribution in [2.75, 3.05) is 5.32 Å². The van der Waals surface area contributed by atoms with Gasteiger partial charge in [-0.1, -0.05) is 18.2 Å². The number of hydrogen-bond acceptors (Lipinski definition) is 7. The molecule has 5 rings (SSSR count). The molecule has 0 atom stereocenters. The predicted molar refractivity (Wildman–Crippen MR) is 128 cm³/mol. The number of aryl methyl sites for hydroxylation is 3. The SMILES string of the molecule is Cc1cc(C)nc(-n2nc(C)c(CC(=O)Nc3nc(-c4cc5ccccc5o4)cs3)c2C)n1.